The minimum Gasteiger partial charge on any atom is -0.427 e. The third-order valence-corrected chi connectivity index (χ3v) is 2.61. The molecule has 0 unspecified atom stereocenters. The Morgan fingerprint density at radius 2 is 1.86 bits per heavy atom. The predicted octanol–water partition coefficient (Wildman–Crippen LogP) is 2.76. The number of para-hydroxylation sites is 1. The monoisotopic (exact) mass is 287 g/mol. The van der Waals surface area contributed by atoms with Gasteiger partial charge in [0.2, 0.25) is 0 Å². The van der Waals surface area contributed by atoms with Crippen molar-refractivity contribution in [1.82, 2.24) is 0 Å². The molecule has 21 heavy (non-hydrogen) atoms. The van der Waals surface area contributed by atoms with Crippen LogP contribution in [0, 0.1) is 6.92 Å². The lowest BCUT2D eigenvalue weighted by molar-refractivity contribution is 0.101. The van der Waals surface area contributed by atoms with Crippen LogP contribution < -0.4 is 15.7 Å². The van der Waals surface area contributed by atoms with Gasteiger partial charge in [-0.1, -0.05) is 18.2 Å². The highest BCUT2D eigenvalue weighted by Crippen LogP contribution is 2.18. The van der Waals surface area contributed by atoms with E-state index >= 15 is 0 Å². The molecule has 0 aliphatic heterocycles. The smallest absolute Gasteiger partial charge is 0.417 e. The van der Waals surface area contributed by atoms with E-state index in [1.807, 2.05) is 0 Å². The number of nitrogens with one attached hydrogen (secondary N) is 1. The van der Waals surface area contributed by atoms with Gasteiger partial charge < -0.3 is 9.15 Å². The molecule has 1 aromatic carbocycles. The Kier molecular flexibility index (Phi) is 4.18. The number of ketones is 1. The SMILES string of the molecule is CC(=O)c1c(OC(=O)Nc2ccccc2)cc(C)oc1=O. The third kappa shape index (κ3) is 3.56. The van der Waals surface area contributed by atoms with Crippen LogP contribution in [-0.2, 0) is 0 Å². The Morgan fingerprint density at radius 3 is 2.48 bits per heavy atom. The first kappa shape index (κ1) is 14.5. The van der Waals surface area contributed by atoms with E-state index < -0.39 is 17.5 Å². The van der Waals surface area contributed by atoms with Crippen molar-refractivity contribution in [2.24, 2.45) is 0 Å². The zero-order valence-electron chi connectivity index (χ0n) is 11.5. The first-order valence-electron chi connectivity index (χ1n) is 6.17. The molecular formula is C15H13NO5. The number of Topliss-reactive ketones (excluding diaryl/α,β-unsaturated/α-hetero) is 1. The van der Waals surface area contributed by atoms with Crippen LogP contribution in [0.15, 0.2) is 45.6 Å². The molecule has 1 N–H and O–H groups in total. The molecular weight excluding hydrogens is 274 g/mol. The van der Waals surface area contributed by atoms with E-state index in [1.54, 1.807) is 30.3 Å². The van der Waals surface area contributed by atoms with E-state index in [-0.39, 0.29) is 17.1 Å². The minimum absolute atomic E-state index is 0.121. The number of amides is 1. The fourth-order valence-electron chi connectivity index (χ4n) is 1.75. The summed E-state index contributed by atoms with van der Waals surface area (Å²) >= 11 is 0. The maximum absolute atomic E-state index is 11.8. The Hall–Kier alpha value is -2.89. The van der Waals surface area contributed by atoms with Gasteiger partial charge in [-0.15, -0.1) is 0 Å². The molecule has 2 rings (SSSR count). The van der Waals surface area contributed by atoms with Crippen LogP contribution in [0.3, 0.4) is 0 Å². The number of carbonyl (C=O) groups is 2. The first-order chi connectivity index (χ1) is 9.97. The van der Waals surface area contributed by atoms with Gasteiger partial charge in [-0.25, -0.2) is 9.59 Å². The van der Waals surface area contributed by atoms with Crippen LogP contribution >= 0.6 is 0 Å². The molecule has 0 aliphatic carbocycles. The number of ether oxygens (including phenoxy) is 1. The lowest BCUT2D eigenvalue weighted by Gasteiger charge is -2.09. The minimum atomic E-state index is -0.829. The summed E-state index contributed by atoms with van der Waals surface area (Å²) in [4.78, 5) is 34.9. The van der Waals surface area contributed by atoms with Crippen molar-refractivity contribution in [2.45, 2.75) is 13.8 Å². The molecule has 0 atom stereocenters. The number of hydrogen-bond donors (Lipinski definition) is 1. The van der Waals surface area contributed by atoms with Gasteiger partial charge in [0, 0.05) is 11.8 Å². The van der Waals surface area contributed by atoms with Crippen molar-refractivity contribution in [3.63, 3.8) is 0 Å². The molecule has 108 valence electrons. The van der Waals surface area contributed by atoms with Gasteiger partial charge >= 0.3 is 11.7 Å². The molecule has 0 bridgehead atoms. The van der Waals surface area contributed by atoms with Gasteiger partial charge in [-0.3, -0.25) is 10.1 Å². The van der Waals surface area contributed by atoms with Crippen LogP contribution in [0.2, 0.25) is 0 Å². The Bertz CT molecular complexity index is 733. The molecule has 2 aromatic rings. The summed E-state index contributed by atoms with van der Waals surface area (Å²) in [6, 6.07) is 9.98. The highest BCUT2D eigenvalue weighted by Gasteiger charge is 2.18. The number of anilines is 1. The topological polar surface area (TPSA) is 85.6 Å². The fraction of sp³-hybridized carbons (Fsp3) is 0.133. The zero-order chi connectivity index (χ0) is 15.4. The first-order valence-corrected chi connectivity index (χ1v) is 6.17. The summed E-state index contributed by atoms with van der Waals surface area (Å²) in [6.45, 7) is 2.72. The second kappa shape index (κ2) is 6.04. The number of rotatable bonds is 3. The van der Waals surface area contributed by atoms with E-state index in [4.69, 9.17) is 9.15 Å². The largest absolute Gasteiger partial charge is 0.427 e. The van der Waals surface area contributed by atoms with Crippen molar-refractivity contribution in [3.8, 4) is 5.75 Å². The standard InChI is InChI=1S/C15H13NO5/c1-9-8-12(13(10(2)17)14(18)20-9)21-15(19)16-11-6-4-3-5-7-11/h3-8H,1-2H3,(H,16,19). The molecule has 0 fully saturated rings. The lowest BCUT2D eigenvalue weighted by atomic mass is 10.2. The van der Waals surface area contributed by atoms with E-state index in [9.17, 15) is 14.4 Å². The third-order valence-electron chi connectivity index (χ3n) is 2.61. The van der Waals surface area contributed by atoms with Crippen LogP contribution in [-0.4, -0.2) is 11.9 Å². The summed E-state index contributed by atoms with van der Waals surface area (Å²) in [5.41, 5.74) is -0.583. The maximum atomic E-state index is 11.8. The van der Waals surface area contributed by atoms with Gasteiger partial charge in [0.15, 0.2) is 11.5 Å². The summed E-state index contributed by atoms with van der Waals surface area (Å²) in [5, 5.41) is 2.49. The number of hydrogen-bond acceptors (Lipinski definition) is 5. The summed E-state index contributed by atoms with van der Waals surface area (Å²) < 4.78 is 9.86. The summed E-state index contributed by atoms with van der Waals surface area (Å²) in [5.74, 6) is -0.413. The van der Waals surface area contributed by atoms with Crippen LogP contribution in [0.25, 0.3) is 0 Å². The Morgan fingerprint density at radius 1 is 1.19 bits per heavy atom. The zero-order valence-corrected chi connectivity index (χ0v) is 11.5. The van der Waals surface area contributed by atoms with Gasteiger partial charge in [0.1, 0.15) is 11.3 Å². The van der Waals surface area contributed by atoms with E-state index in [1.165, 1.54) is 19.9 Å². The van der Waals surface area contributed by atoms with Gasteiger partial charge in [-0.2, -0.15) is 0 Å². The number of carbonyl (C=O) groups excluding carboxylic acids is 2. The lowest BCUT2D eigenvalue weighted by Crippen LogP contribution is -2.21. The highest BCUT2D eigenvalue weighted by atomic mass is 16.6. The molecule has 0 aliphatic rings. The van der Waals surface area contributed by atoms with E-state index in [0.717, 1.165) is 0 Å². The average molecular weight is 287 g/mol. The van der Waals surface area contributed by atoms with Crippen molar-refractivity contribution >= 4 is 17.6 Å². The van der Waals surface area contributed by atoms with Crippen LogP contribution in [0.4, 0.5) is 10.5 Å². The van der Waals surface area contributed by atoms with Gasteiger partial charge in [0.05, 0.1) is 0 Å². The fourth-order valence-corrected chi connectivity index (χ4v) is 1.75. The van der Waals surface area contributed by atoms with Crippen molar-refractivity contribution in [3.05, 3.63) is 58.1 Å². The molecule has 1 amide bonds. The molecule has 1 aromatic heterocycles. The normalized spacial score (nSPS) is 10.0. The molecule has 0 saturated carbocycles. The van der Waals surface area contributed by atoms with Crippen LogP contribution in [0.1, 0.15) is 23.0 Å². The maximum Gasteiger partial charge on any atom is 0.417 e. The number of benzene rings is 1. The average Bonchev–Trinajstić information content (AvgIpc) is 2.38. The molecule has 0 saturated heterocycles. The molecule has 1 heterocycles. The van der Waals surface area contributed by atoms with Crippen molar-refractivity contribution < 1.29 is 18.7 Å². The Balaban J connectivity index is 2.25. The van der Waals surface area contributed by atoms with E-state index in [0.29, 0.717) is 5.69 Å². The summed E-state index contributed by atoms with van der Waals surface area (Å²) in [7, 11) is 0. The molecule has 0 spiro atoms. The van der Waals surface area contributed by atoms with E-state index in [2.05, 4.69) is 5.32 Å². The predicted molar refractivity (Wildman–Crippen MR) is 75.8 cm³/mol. The van der Waals surface area contributed by atoms with Crippen molar-refractivity contribution in [2.75, 3.05) is 5.32 Å². The molecule has 6 nitrogen and oxygen atoms in total. The molecule has 6 heteroatoms. The number of aryl methyl sites for hydroxylation is 1. The van der Waals surface area contributed by atoms with Gasteiger partial charge in [0.25, 0.3) is 0 Å². The van der Waals surface area contributed by atoms with Gasteiger partial charge in [-0.05, 0) is 26.0 Å². The summed E-state index contributed by atoms with van der Waals surface area (Å²) in [6.07, 6.45) is -0.797. The second-order valence-electron chi connectivity index (χ2n) is 4.32. The van der Waals surface area contributed by atoms with Crippen molar-refractivity contribution in [1.29, 1.82) is 0 Å². The molecule has 0 radical (unpaired) electrons. The second-order valence-corrected chi connectivity index (χ2v) is 4.32. The van der Waals surface area contributed by atoms with Crippen LogP contribution in [0.5, 0.6) is 5.75 Å². The quantitative estimate of drug-likeness (QED) is 0.877. The Labute approximate surface area is 120 Å². The highest BCUT2D eigenvalue weighted by molar-refractivity contribution is 5.97.